The molecular formula is C16H12Br2FNO. The SMILES string of the molecule is C#CCOc1ccc(Br)cc1CNc1ccc(Br)cc1F. The Labute approximate surface area is 140 Å². The van der Waals surface area contributed by atoms with Gasteiger partial charge < -0.3 is 10.1 Å². The molecule has 0 amide bonds. The van der Waals surface area contributed by atoms with Crippen molar-refractivity contribution in [2.45, 2.75) is 6.54 Å². The summed E-state index contributed by atoms with van der Waals surface area (Å²) < 4.78 is 20.9. The Morgan fingerprint density at radius 3 is 2.57 bits per heavy atom. The second-order valence-electron chi connectivity index (χ2n) is 4.22. The van der Waals surface area contributed by atoms with Crippen molar-refractivity contribution < 1.29 is 9.13 Å². The summed E-state index contributed by atoms with van der Waals surface area (Å²) >= 11 is 6.64. The molecular weight excluding hydrogens is 401 g/mol. The van der Waals surface area contributed by atoms with E-state index < -0.39 is 0 Å². The molecule has 0 unspecified atom stereocenters. The van der Waals surface area contributed by atoms with E-state index in [0.29, 0.717) is 22.5 Å². The van der Waals surface area contributed by atoms with Crippen molar-refractivity contribution in [2.75, 3.05) is 11.9 Å². The fourth-order valence-corrected chi connectivity index (χ4v) is 2.51. The molecule has 0 aliphatic carbocycles. The van der Waals surface area contributed by atoms with E-state index in [1.165, 1.54) is 6.07 Å². The van der Waals surface area contributed by atoms with E-state index in [1.54, 1.807) is 12.1 Å². The Morgan fingerprint density at radius 2 is 1.86 bits per heavy atom. The number of anilines is 1. The third-order valence-corrected chi connectivity index (χ3v) is 3.72. The molecule has 0 heterocycles. The third-order valence-electron chi connectivity index (χ3n) is 2.73. The van der Waals surface area contributed by atoms with Gasteiger partial charge in [-0.05, 0) is 36.4 Å². The molecule has 2 aromatic carbocycles. The molecule has 0 aliphatic rings. The summed E-state index contributed by atoms with van der Waals surface area (Å²) in [7, 11) is 0. The van der Waals surface area contributed by atoms with Crippen molar-refractivity contribution in [2.24, 2.45) is 0 Å². The first-order valence-electron chi connectivity index (χ1n) is 6.14. The topological polar surface area (TPSA) is 21.3 Å². The van der Waals surface area contributed by atoms with Gasteiger partial charge in [-0.1, -0.05) is 37.8 Å². The zero-order valence-electron chi connectivity index (χ0n) is 11.0. The van der Waals surface area contributed by atoms with E-state index >= 15 is 0 Å². The zero-order chi connectivity index (χ0) is 15.2. The van der Waals surface area contributed by atoms with Gasteiger partial charge in [0, 0.05) is 21.1 Å². The maximum atomic E-state index is 13.8. The number of hydrogen-bond acceptors (Lipinski definition) is 2. The van der Waals surface area contributed by atoms with Crippen LogP contribution in [0.4, 0.5) is 10.1 Å². The average Bonchev–Trinajstić information content (AvgIpc) is 2.45. The minimum absolute atomic E-state index is 0.196. The normalized spacial score (nSPS) is 10.0. The molecule has 2 rings (SSSR count). The number of benzene rings is 2. The van der Waals surface area contributed by atoms with Crippen LogP contribution in [0.15, 0.2) is 45.3 Å². The molecule has 0 atom stereocenters. The van der Waals surface area contributed by atoms with Crippen LogP contribution in [-0.4, -0.2) is 6.61 Å². The van der Waals surface area contributed by atoms with Gasteiger partial charge in [0.1, 0.15) is 18.2 Å². The molecule has 0 spiro atoms. The highest BCUT2D eigenvalue weighted by atomic mass is 79.9. The lowest BCUT2D eigenvalue weighted by atomic mass is 10.2. The zero-order valence-corrected chi connectivity index (χ0v) is 14.2. The largest absolute Gasteiger partial charge is 0.481 e. The van der Waals surface area contributed by atoms with E-state index in [2.05, 4.69) is 43.1 Å². The van der Waals surface area contributed by atoms with Crippen molar-refractivity contribution in [3.05, 3.63) is 56.7 Å². The van der Waals surface area contributed by atoms with Crippen molar-refractivity contribution in [3.8, 4) is 18.1 Å². The van der Waals surface area contributed by atoms with E-state index in [0.717, 1.165) is 10.0 Å². The first kappa shape index (κ1) is 15.9. The van der Waals surface area contributed by atoms with Crippen molar-refractivity contribution in [3.63, 3.8) is 0 Å². The number of nitrogens with one attached hydrogen (secondary N) is 1. The molecule has 0 radical (unpaired) electrons. The van der Waals surface area contributed by atoms with Gasteiger partial charge in [0.15, 0.2) is 0 Å². The van der Waals surface area contributed by atoms with Crippen LogP contribution in [0, 0.1) is 18.2 Å². The van der Waals surface area contributed by atoms with Crippen LogP contribution in [0.1, 0.15) is 5.56 Å². The van der Waals surface area contributed by atoms with E-state index in [-0.39, 0.29) is 12.4 Å². The summed E-state index contributed by atoms with van der Waals surface area (Å²) in [5.41, 5.74) is 1.32. The van der Waals surface area contributed by atoms with Gasteiger partial charge in [-0.2, -0.15) is 0 Å². The molecule has 2 nitrogen and oxygen atoms in total. The molecule has 21 heavy (non-hydrogen) atoms. The van der Waals surface area contributed by atoms with Crippen LogP contribution in [0.25, 0.3) is 0 Å². The molecule has 0 aromatic heterocycles. The summed E-state index contributed by atoms with van der Waals surface area (Å²) in [5, 5.41) is 3.05. The lowest BCUT2D eigenvalue weighted by molar-refractivity contribution is 0.366. The van der Waals surface area contributed by atoms with E-state index in [4.69, 9.17) is 11.2 Å². The quantitative estimate of drug-likeness (QED) is 0.699. The predicted molar refractivity (Wildman–Crippen MR) is 89.9 cm³/mol. The van der Waals surface area contributed by atoms with Crippen molar-refractivity contribution in [1.82, 2.24) is 0 Å². The van der Waals surface area contributed by atoms with Crippen molar-refractivity contribution in [1.29, 1.82) is 0 Å². The van der Waals surface area contributed by atoms with Gasteiger partial charge in [-0.25, -0.2) is 4.39 Å². The molecule has 5 heteroatoms. The smallest absolute Gasteiger partial charge is 0.148 e. The van der Waals surface area contributed by atoms with Crippen LogP contribution in [0.2, 0.25) is 0 Å². The molecule has 0 aliphatic heterocycles. The second-order valence-corrected chi connectivity index (χ2v) is 6.05. The van der Waals surface area contributed by atoms with Crippen LogP contribution in [0.5, 0.6) is 5.75 Å². The van der Waals surface area contributed by atoms with Gasteiger partial charge in [0.2, 0.25) is 0 Å². The highest BCUT2D eigenvalue weighted by Crippen LogP contribution is 2.25. The molecule has 108 valence electrons. The highest BCUT2D eigenvalue weighted by molar-refractivity contribution is 9.10. The monoisotopic (exact) mass is 411 g/mol. The Balaban J connectivity index is 2.15. The van der Waals surface area contributed by atoms with Gasteiger partial charge >= 0.3 is 0 Å². The predicted octanol–water partition coefficient (Wildman–Crippen LogP) is 4.97. The van der Waals surface area contributed by atoms with Gasteiger partial charge in [-0.3, -0.25) is 0 Å². The number of terminal acetylenes is 1. The lowest BCUT2D eigenvalue weighted by Crippen LogP contribution is -2.05. The second kappa shape index (κ2) is 7.48. The first-order valence-corrected chi connectivity index (χ1v) is 7.72. The standard InChI is InChI=1S/C16H12Br2FNO/c1-2-7-21-16-6-4-12(17)8-11(16)10-20-15-5-3-13(18)9-14(15)19/h1,3-6,8-9,20H,7,10H2. The van der Waals surface area contributed by atoms with Gasteiger partial charge in [0.25, 0.3) is 0 Å². The maximum absolute atomic E-state index is 13.8. The highest BCUT2D eigenvalue weighted by Gasteiger charge is 2.07. The maximum Gasteiger partial charge on any atom is 0.148 e. The molecule has 2 aromatic rings. The van der Waals surface area contributed by atoms with Crippen molar-refractivity contribution >= 4 is 37.5 Å². The molecule has 0 saturated carbocycles. The Hall–Kier alpha value is -1.51. The molecule has 0 fully saturated rings. The van der Waals surface area contributed by atoms with Crippen LogP contribution in [0.3, 0.4) is 0 Å². The number of halogens is 3. The minimum Gasteiger partial charge on any atom is -0.481 e. The fraction of sp³-hybridized carbons (Fsp3) is 0.125. The Kier molecular flexibility index (Phi) is 5.66. The Morgan fingerprint density at radius 1 is 1.14 bits per heavy atom. The summed E-state index contributed by atoms with van der Waals surface area (Å²) in [6, 6.07) is 10.5. The fourth-order valence-electron chi connectivity index (χ4n) is 1.77. The molecule has 0 bridgehead atoms. The van der Waals surface area contributed by atoms with Crippen LogP contribution in [-0.2, 0) is 6.54 Å². The van der Waals surface area contributed by atoms with Gasteiger partial charge in [-0.15, -0.1) is 6.42 Å². The minimum atomic E-state index is -0.314. The summed E-state index contributed by atoms with van der Waals surface area (Å²) in [4.78, 5) is 0. The van der Waals surface area contributed by atoms with E-state index in [1.807, 2.05) is 18.2 Å². The summed E-state index contributed by atoms with van der Waals surface area (Å²) in [6.07, 6.45) is 5.20. The molecule has 0 saturated heterocycles. The summed E-state index contributed by atoms with van der Waals surface area (Å²) in [6.45, 7) is 0.624. The van der Waals surface area contributed by atoms with E-state index in [9.17, 15) is 4.39 Å². The first-order chi connectivity index (χ1) is 10.1. The number of hydrogen-bond donors (Lipinski definition) is 1. The number of rotatable bonds is 5. The Bertz CT molecular complexity index is 682. The van der Waals surface area contributed by atoms with Gasteiger partial charge in [0.05, 0.1) is 5.69 Å². The molecule has 1 N–H and O–H groups in total. The summed E-state index contributed by atoms with van der Waals surface area (Å²) in [5.74, 6) is 2.79. The number of ether oxygens (including phenoxy) is 1. The van der Waals surface area contributed by atoms with Crippen LogP contribution < -0.4 is 10.1 Å². The van der Waals surface area contributed by atoms with Crippen LogP contribution >= 0.6 is 31.9 Å². The average molecular weight is 413 g/mol. The third kappa shape index (κ3) is 4.48. The lowest BCUT2D eigenvalue weighted by Gasteiger charge is -2.12.